The number of imide groups is 1. The van der Waals surface area contributed by atoms with Gasteiger partial charge in [0.2, 0.25) is 24.4 Å². The molecule has 0 radical (unpaired) electrons. The van der Waals surface area contributed by atoms with Crippen molar-refractivity contribution in [2.24, 2.45) is 0 Å². The summed E-state index contributed by atoms with van der Waals surface area (Å²) in [5.74, 6) is -4.28. The van der Waals surface area contributed by atoms with E-state index in [1.165, 1.54) is 46.2 Å². The lowest BCUT2D eigenvalue weighted by molar-refractivity contribution is -0.270. The summed E-state index contributed by atoms with van der Waals surface area (Å²) < 4.78 is 23.2. The number of alkyl halides is 2. The molecule has 0 saturated carbocycles. The van der Waals surface area contributed by atoms with Gasteiger partial charge in [-0.15, -0.1) is 23.2 Å². The van der Waals surface area contributed by atoms with Crippen LogP contribution < -0.4 is 29.9 Å². The van der Waals surface area contributed by atoms with Gasteiger partial charge in [-0.1, -0.05) is 67.1 Å². The van der Waals surface area contributed by atoms with Crippen molar-refractivity contribution in [3.8, 4) is 11.5 Å². The average Bonchev–Trinajstić information content (AvgIpc) is 1.82. The summed E-state index contributed by atoms with van der Waals surface area (Å²) in [4.78, 5) is 95.1. The van der Waals surface area contributed by atoms with Crippen LogP contribution in [0.25, 0.3) is 33.7 Å². The fraction of sp³-hybridized carbons (Fsp3) is 0.371. The zero-order valence-electron chi connectivity index (χ0n) is 46.5. The molecule has 0 aliphatic carbocycles. The third-order valence-electron chi connectivity index (χ3n) is 16.0. The van der Waals surface area contributed by atoms with E-state index in [9.17, 15) is 69.3 Å². The van der Waals surface area contributed by atoms with Crippen LogP contribution in [0.2, 0.25) is 0 Å². The SMILES string of the molecule is O=C(CCCCCN1C(=O)C=CC1=O)NCCC(=O)Nc1cc(/C=C/C(=O)N2C[C@@H](CCl)c3c2cc(O[C@@H]2OC[C@@H](O)[C@H](O)[C@H]2O)c2ccccc32)ccc1/C=C/C(=O)N1CC(CCl)c2c1cc(O[C@@H]1O[C@H](C(=O)O)[C@@H](O)[C@H](O)[C@H]1O)c1ccccc21. The summed E-state index contributed by atoms with van der Waals surface area (Å²) >= 11 is 13.1. The Hall–Kier alpha value is -7.81. The van der Waals surface area contributed by atoms with Crippen LogP contribution in [0.1, 0.15) is 66.2 Å². The van der Waals surface area contributed by atoms with E-state index < -0.39 is 79.0 Å². The van der Waals surface area contributed by atoms with Gasteiger partial charge in [-0.2, -0.15) is 0 Å². The Labute approximate surface area is 507 Å². The van der Waals surface area contributed by atoms with Gasteiger partial charge in [-0.25, -0.2) is 4.79 Å². The van der Waals surface area contributed by atoms with E-state index in [0.29, 0.717) is 63.5 Å². The monoisotopic (exact) mass is 1240 g/mol. The smallest absolute Gasteiger partial charge is 0.335 e. The molecule has 25 heteroatoms. The maximum absolute atomic E-state index is 14.5. The average molecular weight is 1240 g/mol. The zero-order valence-corrected chi connectivity index (χ0v) is 48.0. The molecule has 5 aromatic rings. The largest absolute Gasteiger partial charge is 0.479 e. The number of ether oxygens (including phenoxy) is 4. The lowest BCUT2D eigenvalue weighted by atomic mass is 9.95. The number of rotatable bonds is 21. The molecule has 458 valence electrons. The molecular formula is C62H63Cl2N5O18. The quantitative estimate of drug-likeness (QED) is 0.0218. The second kappa shape index (κ2) is 27.1. The number of carbonyl (C=O) groups is 7. The molecule has 10 rings (SSSR count). The summed E-state index contributed by atoms with van der Waals surface area (Å²) in [7, 11) is 0. The number of halogens is 2. The van der Waals surface area contributed by atoms with Gasteiger partial charge in [0, 0.05) is 116 Å². The summed E-state index contributed by atoms with van der Waals surface area (Å²) in [5, 5.41) is 80.8. The second-order valence-corrected chi connectivity index (χ2v) is 22.3. The van der Waals surface area contributed by atoms with Gasteiger partial charge in [-0.3, -0.25) is 33.7 Å². The maximum atomic E-state index is 14.5. The molecular weight excluding hydrogens is 1170 g/mol. The van der Waals surface area contributed by atoms with Crippen LogP contribution in [-0.2, 0) is 43.0 Å². The number of aliphatic carboxylic acids is 1. The summed E-state index contributed by atoms with van der Waals surface area (Å²) in [6.45, 7) is 0.220. The number of fused-ring (bicyclic) bond motifs is 6. The van der Waals surface area contributed by atoms with Crippen molar-refractivity contribution < 1.29 is 88.3 Å². The Morgan fingerprint density at radius 2 is 1.20 bits per heavy atom. The summed E-state index contributed by atoms with van der Waals surface area (Å²) in [6.07, 6.45) is -5.63. The predicted molar refractivity (Wildman–Crippen MR) is 318 cm³/mol. The highest BCUT2D eigenvalue weighted by Crippen LogP contribution is 2.48. The molecule has 1 unspecified atom stereocenters. The zero-order chi connectivity index (χ0) is 61.8. The number of nitrogens with zero attached hydrogens (tertiary/aromatic N) is 3. The standard InChI is InChI=1S/C62H63Cl2N5O18/c63-27-34-29-68(41-25-44(36-8-3-5-10-38(36)52(34)41)85-61-57(80)54(77)43(70)31-84-61)50(75)17-14-32-13-15-33(40(24-32)66-47(72)21-22-65-46(71)12-2-1-7-23-67-48(73)19-20-49(67)74)16-18-51(76)69-30-35(28-64)53-39-11-6-4-9-37(39)45(26-42(53)69)86-62-58(81)55(78)56(79)59(87-62)60(82)83/h3-6,8-11,13-20,24-26,34-35,43,54-59,61-62,70,77-81H,1-2,7,12,21-23,27-31H2,(H,65,71)(H,66,72)(H,82,83)/b17-14+,18-16+/t34-,35?,43-,54+,55+,56+,57-,58-,59+,61+,62-/m1/s1. The van der Waals surface area contributed by atoms with E-state index in [2.05, 4.69) is 10.6 Å². The van der Waals surface area contributed by atoms with E-state index >= 15 is 0 Å². The van der Waals surface area contributed by atoms with Crippen LogP contribution in [0.3, 0.4) is 0 Å². The first-order chi connectivity index (χ1) is 41.8. The number of anilines is 3. The summed E-state index contributed by atoms with van der Waals surface area (Å²) in [6, 6.07) is 22.3. The fourth-order valence-electron chi connectivity index (χ4n) is 11.4. The fourth-order valence-corrected chi connectivity index (χ4v) is 11.9. The third-order valence-corrected chi connectivity index (χ3v) is 16.7. The first-order valence-corrected chi connectivity index (χ1v) is 29.3. The first-order valence-electron chi connectivity index (χ1n) is 28.2. The molecule has 23 nitrogen and oxygen atoms in total. The third kappa shape index (κ3) is 13.2. The van der Waals surface area contributed by atoms with Gasteiger partial charge < -0.3 is 75.1 Å². The number of benzene rings is 5. The van der Waals surface area contributed by atoms with E-state index in [1.807, 2.05) is 12.1 Å². The van der Waals surface area contributed by atoms with Crippen molar-refractivity contribution in [1.82, 2.24) is 10.2 Å². The van der Waals surface area contributed by atoms with Crippen molar-refractivity contribution in [2.75, 3.05) is 59.7 Å². The molecule has 5 aromatic carbocycles. The molecule has 9 N–H and O–H groups in total. The lowest BCUT2D eigenvalue weighted by Gasteiger charge is -2.38. The van der Waals surface area contributed by atoms with Gasteiger partial charge in [0.1, 0.15) is 48.1 Å². The van der Waals surface area contributed by atoms with Gasteiger partial charge >= 0.3 is 5.97 Å². The van der Waals surface area contributed by atoms with Crippen molar-refractivity contribution in [2.45, 2.75) is 99.2 Å². The number of carboxylic acid groups (broad SMARTS) is 1. The van der Waals surface area contributed by atoms with Gasteiger partial charge in [0.15, 0.2) is 6.10 Å². The number of carboxylic acids is 1. The molecule has 5 aliphatic heterocycles. The molecule has 0 bridgehead atoms. The maximum Gasteiger partial charge on any atom is 0.335 e. The van der Waals surface area contributed by atoms with Crippen LogP contribution in [0.4, 0.5) is 17.1 Å². The van der Waals surface area contributed by atoms with E-state index in [-0.39, 0.29) is 104 Å². The minimum Gasteiger partial charge on any atom is -0.479 e. The highest BCUT2D eigenvalue weighted by Gasteiger charge is 2.49. The number of carbonyl (C=O) groups excluding carboxylic acids is 6. The normalized spacial score (nSPS) is 25.2. The Bertz CT molecular complexity index is 3580. The van der Waals surface area contributed by atoms with Crippen molar-refractivity contribution in [3.63, 3.8) is 0 Å². The van der Waals surface area contributed by atoms with Crippen molar-refractivity contribution in [1.29, 1.82) is 0 Å². The Kier molecular flexibility index (Phi) is 19.4. The molecule has 2 fully saturated rings. The topological polar surface area (TPSA) is 332 Å². The van der Waals surface area contributed by atoms with Crippen LogP contribution >= 0.6 is 23.2 Å². The van der Waals surface area contributed by atoms with Crippen molar-refractivity contribution >= 4 is 115 Å². The van der Waals surface area contributed by atoms with E-state index in [4.69, 9.17) is 42.1 Å². The van der Waals surface area contributed by atoms with Crippen LogP contribution in [0.5, 0.6) is 11.5 Å². The second-order valence-electron chi connectivity index (χ2n) is 21.7. The number of nitrogens with one attached hydrogen (secondary N) is 2. The first kappa shape index (κ1) is 62.2. The molecule has 2 saturated heterocycles. The lowest BCUT2D eigenvalue weighted by Crippen LogP contribution is -2.61. The van der Waals surface area contributed by atoms with Crippen LogP contribution in [0.15, 0.2) is 103 Å². The van der Waals surface area contributed by atoms with E-state index in [1.54, 1.807) is 66.7 Å². The number of hydrogen-bond donors (Lipinski definition) is 9. The Morgan fingerprint density at radius 1 is 0.632 bits per heavy atom. The highest BCUT2D eigenvalue weighted by molar-refractivity contribution is 6.20. The van der Waals surface area contributed by atoms with Gasteiger partial charge in [0.05, 0.1) is 18.0 Å². The van der Waals surface area contributed by atoms with Crippen LogP contribution in [0, 0.1) is 0 Å². The molecule has 87 heavy (non-hydrogen) atoms. The van der Waals surface area contributed by atoms with Crippen LogP contribution in [-0.4, -0.2) is 182 Å². The molecule has 11 atom stereocenters. The van der Waals surface area contributed by atoms with E-state index in [0.717, 1.165) is 15.8 Å². The molecule has 5 heterocycles. The highest BCUT2D eigenvalue weighted by atomic mass is 35.5. The predicted octanol–water partition coefficient (Wildman–Crippen LogP) is 3.78. The van der Waals surface area contributed by atoms with Crippen molar-refractivity contribution in [3.05, 3.63) is 125 Å². The molecule has 5 aliphatic rings. The number of aliphatic hydroxyl groups is 6. The summed E-state index contributed by atoms with van der Waals surface area (Å²) in [5.41, 5.74) is 3.36. The van der Waals surface area contributed by atoms with Gasteiger partial charge in [0.25, 0.3) is 23.6 Å². The Balaban J connectivity index is 0.893. The molecule has 6 amide bonds. The number of hydrogen-bond acceptors (Lipinski definition) is 17. The molecule has 0 spiro atoms. The number of unbranched alkanes of at least 4 members (excludes halogenated alkanes) is 2. The number of aliphatic hydroxyl groups excluding tert-OH is 6. The minimum atomic E-state index is -1.96. The minimum absolute atomic E-state index is 0.0299. The molecule has 0 aromatic heterocycles. The van der Waals surface area contributed by atoms with Gasteiger partial charge in [-0.05, 0) is 64.1 Å². The number of amides is 6. The Morgan fingerprint density at radius 3 is 1.78 bits per heavy atom.